The van der Waals surface area contributed by atoms with E-state index in [-0.39, 0.29) is 17.3 Å². The van der Waals surface area contributed by atoms with E-state index >= 15 is 0 Å². The topological polar surface area (TPSA) is 61.9 Å². The Morgan fingerprint density at radius 3 is 2.37 bits per heavy atom. The zero-order chi connectivity index (χ0) is 18.7. The van der Waals surface area contributed by atoms with Crippen LogP contribution in [0.4, 0.5) is 11.4 Å². The van der Waals surface area contributed by atoms with Crippen LogP contribution >= 0.6 is 28.3 Å². The van der Waals surface area contributed by atoms with Gasteiger partial charge in [0.25, 0.3) is 10.0 Å². The van der Waals surface area contributed by atoms with Crippen LogP contribution in [0.25, 0.3) is 0 Å². The van der Waals surface area contributed by atoms with Crippen LogP contribution in [0.3, 0.4) is 0 Å². The van der Waals surface area contributed by atoms with E-state index in [9.17, 15) is 8.42 Å². The van der Waals surface area contributed by atoms with E-state index < -0.39 is 10.0 Å². The number of methoxy groups -OCH3 is 1. The minimum Gasteiger partial charge on any atom is -0.495 e. The molecule has 1 aliphatic heterocycles. The number of nitrogens with one attached hydrogen (secondary N) is 1. The van der Waals surface area contributed by atoms with E-state index in [1.807, 2.05) is 6.07 Å². The third kappa shape index (κ3) is 5.07. The zero-order valence-corrected chi connectivity index (χ0v) is 18.4. The molecule has 0 saturated carbocycles. The Labute approximate surface area is 175 Å². The molecule has 0 aromatic heterocycles. The first-order valence-electron chi connectivity index (χ1n) is 8.29. The lowest BCUT2D eigenvalue weighted by molar-refractivity contribution is 0.311. The molecule has 0 spiro atoms. The second-order valence-electron chi connectivity index (χ2n) is 6.21. The molecule has 6 nitrogen and oxygen atoms in total. The van der Waals surface area contributed by atoms with Crippen molar-refractivity contribution >= 4 is 49.7 Å². The fourth-order valence-electron chi connectivity index (χ4n) is 2.92. The van der Waals surface area contributed by atoms with E-state index in [0.717, 1.165) is 37.6 Å². The maximum absolute atomic E-state index is 12.7. The van der Waals surface area contributed by atoms with E-state index in [2.05, 4.69) is 37.5 Å². The Morgan fingerprint density at radius 1 is 1.07 bits per heavy atom. The van der Waals surface area contributed by atoms with Crippen LogP contribution < -0.4 is 14.4 Å². The molecular weight excluding hydrogens is 454 g/mol. The zero-order valence-electron chi connectivity index (χ0n) is 15.2. The van der Waals surface area contributed by atoms with Gasteiger partial charge in [-0.05, 0) is 53.3 Å². The molecule has 1 fully saturated rings. The Balaban J connectivity index is 0.00000261. The SMILES string of the molecule is COc1ccc(NS(=O)(=O)c2ccccc2Br)cc1N1CCN(C)CC1.Cl. The molecule has 0 radical (unpaired) electrons. The second kappa shape index (κ2) is 9.14. The van der Waals surface area contributed by atoms with Gasteiger partial charge in [0.2, 0.25) is 0 Å². The Hall–Kier alpha value is -1.48. The van der Waals surface area contributed by atoms with Crippen LogP contribution in [0.5, 0.6) is 5.75 Å². The first-order valence-corrected chi connectivity index (χ1v) is 10.6. The number of ether oxygens (including phenoxy) is 1. The van der Waals surface area contributed by atoms with Gasteiger partial charge in [0.1, 0.15) is 10.6 Å². The van der Waals surface area contributed by atoms with Gasteiger partial charge in [-0.15, -0.1) is 12.4 Å². The quantitative estimate of drug-likeness (QED) is 0.716. The fourth-order valence-corrected chi connectivity index (χ4v) is 4.97. The molecule has 9 heteroatoms. The molecule has 1 N–H and O–H groups in total. The van der Waals surface area contributed by atoms with Gasteiger partial charge >= 0.3 is 0 Å². The van der Waals surface area contributed by atoms with Crippen molar-refractivity contribution in [3.63, 3.8) is 0 Å². The van der Waals surface area contributed by atoms with Crippen LogP contribution in [0, 0.1) is 0 Å². The standard InChI is InChI=1S/C18H22BrN3O3S.ClH/c1-21-9-11-22(12-10-21)16-13-14(7-8-17(16)25-2)20-26(23,24)18-6-4-3-5-15(18)19;/h3-8,13,20H,9-12H2,1-2H3;1H. The number of rotatable bonds is 5. The van der Waals surface area contributed by atoms with Crippen LogP contribution in [-0.4, -0.2) is 53.7 Å². The Kier molecular flexibility index (Phi) is 7.39. The van der Waals surface area contributed by atoms with E-state index in [4.69, 9.17) is 4.74 Å². The summed E-state index contributed by atoms with van der Waals surface area (Å²) in [6.07, 6.45) is 0. The van der Waals surface area contributed by atoms with Crippen molar-refractivity contribution in [1.82, 2.24) is 4.90 Å². The number of benzene rings is 2. The molecule has 27 heavy (non-hydrogen) atoms. The van der Waals surface area contributed by atoms with Crippen LogP contribution in [0.2, 0.25) is 0 Å². The molecule has 2 aromatic rings. The highest BCUT2D eigenvalue weighted by Gasteiger charge is 2.21. The second-order valence-corrected chi connectivity index (χ2v) is 8.72. The summed E-state index contributed by atoms with van der Waals surface area (Å²) < 4.78 is 34.1. The maximum atomic E-state index is 12.7. The van der Waals surface area contributed by atoms with Crippen molar-refractivity contribution in [2.45, 2.75) is 4.90 Å². The van der Waals surface area contributed by atoms with Gasteiger partial charge in [0.05, 0.1) is 18.5 Å². The van der Waals surface area contributed by atoms with Crippen molar-refractivity contribution in [3.8, 4) is 5.75 Å². The molecule has 1 heterocycles. The van der Waals surface area contributed by atoms with Crippen molar-refractivity contribution < 1.29 is 13.2 Å². The summed E-state index contributed by atoms with van der Waals surface area (Å²) in [6, 6.07) is 12.1. The van der Waals surface area contributed by atoms with Crippen LogP contribution in [0.1, 0.15) is 0 Å². The highest BCUT2D eigenvalue weighted by Crippen LogP contribution is 2.33. The van der Waals surface area contributed by atoms with Gasteiger partial charge in [0, 0.05) is 30.7 Å². The summed E-state index contributed by atoms with van der Waals surface area (Å²) in [5.74, 6) is 0.735. The third-order valence-electron chi connectivity index (χ3n) is 4.40. The Morgan fingerprint density at radius 2 is 1.74 bits per heavy atom. The summed E-state index contributed by atoms with van der Waals surface area (Å²) in [7, 11) is 0.0346. The van der Waals surface area contributed by atoms with E-state index in [0.29, 0.717) is 10.2 Å². The Bertz CT molecular complexity index is 887. The maximum Gasteiger partial charge on any atom is 0.263 e. The molecule has 0 atom stereocenters. The number of piperazine rings is 1. The molecule has 0 aliphatic carbocycles. The molecular formula is C18H23BrClN3O3S. The molecule has 1 aliphatic rings. The highest BCUT2D eigenvalue weighted by molar-refractivity contribution is 9.10. The van der Waals surface area contributed by atoms with E-state index in [1.165, 1.54) is 0 Å². The van der Waals surface area contributed by atoms with Crippen LogP contribution in [0.15, 0.2) is 51.8 Å². The summed E-state index contributed by atoms with van der Waals surface area (Å²) in [6.45, 7) is 3.65. The third-order valence-corrected chi connectivity index (χ3v) is 6.79. The number of halogens is 2. The van der Waals surface area contributed by atoms with Gasteiger partial charge in [-0.25, -0.2) is 8.42 Å². The number of nitrogens with zero attached hydrogens (tertiary/aromatic N) is 2. The number of likely N-dealkylation sites (N-methyl/N-ethyl adjacent to an activating group) is 1. The minimum atomic E-state index is -3.68. The number of hydrogen-bond donors (Lipinski definition) is 1. The summed E-state index contributed by atoms with van der Waals surface area (Å²) in [4.78, 5) is 4.69. The summed E-state index contributed by atoms with van der Waals surface area (Å²) >= 11 is 3.30. The number of sulfonamides is 1. The van der Waals surface area contributed by atoms with Gasteiger partial charge in [-0.2, -0.15) is 0 Å². The highest BCUT2D eigenvalue weighted by atomic mass is 79.9. The molecule has 148 valence electrons. The lowest BCUT2D eigenvalue weighted by Crippen LogP contribution is -2.44. The minimum absolute atomic E-state index is 0. The predicted octanol–water partition coefficient (Wildman–Crippen LogP) is 3.43. The lowest BCUT2D eigenvalue weighted by Gasteiger charge is -2.35. The molecule has 2 aromatic carbocycles. The van der Waals surface area contributed by atoms with Gasteiger partial charge in [-0.3, -0.25) is 4.72 Å². The van der Waals surface area contributed by atoms with Gasteiger partial charge < -0.3 is 14.5 Å². The number of anilines is 2. The normalized spacial score (nSPS) is 15.1. The monoisotopic (exact) mass is 475 g/mol. The summed E-state index contributed by atoms with van der Waals surface area (Å²) in [5, 5.41) is 0. The van der Waals surface area contributed by atoms with Gasteiger partial charge in [-0.1, -0.05) is 12.1 Å². The average molecular weight is 477 g/mol. The molecule has 0 amide bonds. The largest absolute Gasteiger partial charge is 0.495 e. The average Bonchev–Trinajstić information content (AvgIpc) is 2.62. The first kappa shape index (κ1) is 21.8. The molecule has 0 bridgehead atoms. The van der Waals surface area contributed by atoms with Crippen molar-refractivity contribution in [2.24, 2.45) is 0 Å². The molecule has 0 unspecified atom stereocenters. The summed E-state index contributed by atoms with van der Waals surface area (Å²) in [5.41, 5.74) is 1.41. The van der Waals surface area contributed by atoms with Crippen molar-refractivity contribution in [3.05, 3.63) is 46.9 Å². The predicted molar refractivity (Wildman–Crippen MR) is 115 cm³/mol. The van der Waals surface area contributed by atoms with Crippen LogP contribution in [-0.2, 0) is 10.0 Å². The number of hydrogen-bond acceptors (Lipinski definition) is 5. The van der Waals surface area contributed by atoms with Crippen molar-refractivity contribution in [1.29, 1.82) is 0 Å². The molecule has 3 rings (SSSR count). The fraction of sp³-hybridized carbons (Fsp3) is 0.333. The van der Waals surface area contributed by atoms with Gasteiger partial charge in [0.15, 0.2) is 0 Å². The smallest absolute Gasteiger partial charge is 0.263 e. The lowest BCUT2D eigenvalue weighted by atomic mass is 10.2. The first-order chi connectivity index (χ1) is 12.4. The van der Waals surface area contributed by atoms with E-state index in [1.54, 1.807) is 43.5 Å². The molecule has 1 saturated heterocycles. The van der Waals surface area contributed by atoms with Crippen molar-refractivity contribution in [2.75, 3.05) is 50.0 Å².